The Labute approximate surface area is 150 Å². The average molecular weight is 372 g/mol. The first-order chi connectivity index (χ1) is 12.5. The molecule has 5 nitrogen and oxygen atoms in total. The number of nitrogens with one attached hydrogen (secondary N) is 2. The van der Waals surface area contributed by atoms with Crippen LogP contribution in [-0.2, 0) is 16.4 Å². The van der Waals surface area contributed by atoms with Gasteiger partial charge < -0.3 is 4.98 Å². The van der Waals surface area contributed by atoms with Gasteiger partial charge in [-0.25, -0.2) is 17.5 Å². The molecule has 134 valence electrons. The van der Waals surface area contributed by atoms with Crippen LogP contribution in [0.2, 0.25) is 0 Å². The van der Waals surface area contributed by atoms with E-state index in [0.29, 0.717) is 11.3 Å². The minimum Gasteiger partial charge on any atom is -0.322 e. The lowest BCUT2D eigenvalue weighted by atomic mass is 10.0. The van der Waals surface area contributed by atoms with E-state index in [2.05, 4.69) is 9.71 Å². The fraction of sp³-hybridized carbons (Fsp3) is 0.105. The molecule has 0 radical (unpaired) electrons. The van der Waals surface area contributed by atoms with E-state index in [-0.39, 0.29) is 29.0 Å². The molecular formula is C19H17FN2O3S. The van der Waals surface area contributed by atoms with E-state index in [1.54, 1.807) is 42.5 Å². The molecule has 2 aromatic carbocycles. The van der Waals surface area contributed by atoms with Crippen LogP contribution in [0.5, 0.6) is 0 Å². The Morgan fingerprint density at radius 1 is 0.923 bits per heavy atom. The molecule has 26 heavy (non-hydrogen) atoms. The third-order valence-electron chi connectivity index (χ3n) is 3.88. The highest BCUT2D eigenvalue weighted by Crippen LogP contribution is 2.25. The maximum atomic E-state index is 14.3. The molecule has 0 bridgehead atoms. The number of hydrogen-bond donors (Lipinski definition) is 2. The minimum atomic E-state index is -3.63. The lowest BCUT2D eigenvalue weighted by molar-refractivity contribution is 0.581. The van der Waals surface area contributed by atoms with E-state index in [1.807, 2.05) is 0 Å². The predicted octanol–water partition coefficient (Wildman–Crippen LogP) is 2.70. The smallest absolute Gasteiger partial charge is 0.248 e. The topological polar surface area (TPSA) is 79.0 Å². The van der Waals surface area contributed by atoms with Gasteiger partial charge in [-0.15, -0.1) is 0 Å². The second-order valence-electron chi connectivity index (χ2n) is 5.66. The molecule has 1 aromatic heterocycles. The van der Waals surface area contributed by atoms with E-state index >= 15 is 0 Å². The summed E-state index contributed by atoms with van der Waals surface area (Å²) < 4.78 is 41.4. The number of halogens is 1. The van der Waals surface area contributed by atoms with Crippen molar-refractivity contribution in [3.05, 3.63) is 88.5 Å². The SMILES string of the molecule is O=c1cccc(-c2c(F)cccc2CCNS(=O)(=O)c2ccccc2)[nH]1. The van der Waals surface area contributed by atoms with Gasteiger partial charge in [0.1, 0.15) is 5.82 Å². The highest BCUT2D eigenvalue weighted by Gasteiger charge is 2.15. The lowest BCUT2D eigenvalue weighted by Gasteiger charge is -2.12. The molecule has 0 aliphatic carbocycles. The summed E-state index contributed by atoms with van der Waals surface area (Å²) in [7, 11) is -3.63. The Morgan fingerprint density at radius 3 is 2.38 bits per heavy atom. The molecule has 0 unspecified atom stereocenters. The summed E-state index contributed by atoms with van der Waals surface area (Å²) in [4.78, 5) is 14.3. The number of benzene rings is 2. The van der Waals surface area contributed by atoms with Crippen molar-refractivity contribution in [3.63, 3.8) is 0 Å². The molecule has 1 heterocycles. The zero-order chi connectivity index (χ0) is 18.6. The van der Waals surface area contributed by atoms with Crippen LogP contribution in [0.25, 0.3) is 11.3 Å². The molecule has 0 aliphatic heterocycles. The van der Waals surface area contributed by atoms with E-state index in [4.69, 9.17) is 0 Å². The van der Waals surface area contributed by atoms with E-state index in [9.17, 15) is 17.6 Å². The quantitative estimate of drug-likeness (QED) is 0.698. The fourth-order valence-electron chi connectivity index (χ4n) is 2.68. The normalized spacial score (nSPS) is 11.4. The van der Waals surface area contributed by atoms with Crippen molar-refractivity contribution in [2.45, 2.75) is 11.3 Å². The number of hydrogen-bond acceptors (Lipinski definition) is 3. The second kappa shape index (κ2) is 7.63. The Bertz CT molecular complexity index is 1060. The van der Waals surface area contributed by atoms with Crippen LogP contribution >= 0.6 is 0 Å². The van der Waals surface area contributed by atoms with Gasteiger partial charge in [-0.3, -0.25) is 4.79 Å². The summed E-state index contributed by atoms with van der Waals surface area (Å²) in [5.41, 5.74) is 0.893. The van der Waals surface area contributed by atoms with E-state index in [1.165, 1.54) is 24.3 Å². The van der Waals surface area contributed by atoms with Gasteiger partial charge in [-0.2, -0.15) is 0 Å². The highest BCUT2D eigenvalue weighted by atomic mass is 32.2. The Kier molecular flexibility index (Phi) is 5.29. The molecular weight excluding hydrogens is 355 g/mol. The largest absolute Gasteiger partial charge is 0.322 e. The van der Waals surface area contributed by atoms with Crippen molar-refractivity contribution in [2.24, 2.45) is 0 Å². The summed E-state index contributed by atoms with van der Waals surface area (Å²) >= 11 is 0. The molecule has 0 fully saturated rings. The first-order valence-electron chi connectivity index (χ1n) is 7.99. The number of aromatic amines is 1. The van der Waals surface area contributed by atoms with Crippen LogP contribution in [0.3, 0.4) is 0 Å². The van der Waals surface area contributed by atoms with Crippen LogP contribution < -0.4 is 10.3 Å². The monoisotopic (exact) mass is 372 g/mol. The number of rotatable bonds is 6. The van der Waals surface area contributed by atoms with Gasteiger partial charge in [-0.05, 0) is 36.2 Å². The highest BCUT2D eigenvalue weighted by molar-refractivity contribution is 7.89. The number of pyridine rings is 1. The molecule has 2 N–H and O–H groups in total. The molecule has 0 saturated heterocycles. The fourth-order valence-corrected chi connectivity index (χ4v) is 3.73. The zero-order valence-electron chi connectivity index (χ0n) is 13.8. The third kappa shape index (κ3) is 4.07. The Morgan fingerprint density at radius 2 is 1.65 bits per heavy atom. The number of sulfonamides is 1. The summed E-state index contributed by atoms with van der Waals surface area (Å²) in [6, 6.07) is 17.1. The predicted molar refractivity (Wildman–Crippen MR) is 97.8 cm³/mol. The molecule has 0 saturated carbocycles. The lowest BCUT2D eigenvalue weighted by Crippen LogP contribution is -2.26. The van der Waals surface area contributed by atoms with Crippen molar-refractivity contribution < 1.29 is 12.8 Å². The van der Waals surface area contributed by atoms with Crippen LogP contribution in [0.4, 0.5) is 4.39 Å². The standard InChI is InChI=1S/C19H17FN2O3S/c20-16-9-4-6-14(19(16)17-10-5-11-18(23)22-17)12-13-21-26(24,25)15-7-2-1-3-8-15/h1-11,21H,12-13H2,(H,22,23). The first-order valence-corrected chi connectivity index (χ1v) is 9.47. The Hall–Kier alpha value is -2.77. The Balaban J connectivity index is 1.81. The summed E-state index contributed by atoms with van der Waals surface area (Å²) in [6.45, 7) is 0.102. The van der Waals surface area contributed by atoms with Gasteiger partial charge in [0.25, 0.3) is 0 Å². The molecule has 0 aliphatic rings. The van der Waals surface area contributed by atoms with Gasteiger partial charge in [0.05, 0.1) is 10.6 Å². The number of aromatic nitrogens is 1. The van der Waals surface area contributed by atoms with Crippen molar-refractivity contribution in [2.75, 3.05) is 6.54 Å². The van der Waals surface area contributed by atoms with Crippen LogP contribution in [0.1, 0.15) is 5.56 Å². The summed E-state index contributed by atoms with van der Waals surface area (Å²) in [5.74, 6) is -0.477. The minimum absolute atomic E-state index is 0.102. The summed E-state index contributed by atoms with van der Waals surface area (Å²) in [5, 5.41) is 0. The maximum absolute atomic E-state index is 14.3. The van der Waals surface area contributed by atoms with Gasteiger partial charge in [0, 0.05) is 18.2 Å². The molecule has 0 amide bonds. The summed E-state index contributed by atoms with van der Waals surface area (Å²) in [6.07, 6.45) is 0.274. The third-order valence-corrected chi connectivity index (χ3v) is 5.35. The zero-order valence-corrected chi connectivity index (χ0v) is 14.6. The molecule has 7 heteroatoms. The molecule has 3 aromatic rings. The molecule has 0 spiro atoms. The van der Waals surface area contributed by atoms with Crippen molar-refractivity contribution >= 4 is 10.0 Å². The molecule has 3 rings (SSSR count). The van der Waals surface area contributed by atoms with Crippen LogP contribution in [0.15, 0.2) is 76.4 Å². The van der Waals surface area contributed by atoms with E-state index < -0.39 is 15.8 Å². The van der Waals surface area contributed by atoms with Crippen molar-refractivity contribution in [3.8, 4) is 11.3 Å². The van der Waals surface area contributed by atoms with Gasteiger partial charge in [-0.1, -0.05) is 36.4 Å². The van der Waals surface area contributed by atoms with Crippen molar-refractivity contribution in [1.29, 1.82) is 0 Å². The second-order valence-corrected chi connectivity index (χ2v) is 7.43. The molecule has 0 atom stereocenters. The van der Waals surface area contributed by atoms with Gasteiger partial charge in [0.2, 0.25) is 15.6 Å². The van der Waals surface area contributed by atoms with Gasteiger partial charge >= 0.3 is 0 Å². The first kappa shape index (κ1) is 18.0. The van der Waals surface area contributed by atoms with Crippen LogP contribution in [0, 0.1) is 5.82 Å². The number of H-pyrrole nitrogens is 1. The maximum Gasteiger partial charge on any atom is 0.248 e. The van der Waals surface area contributed by atoms with Crippen molar-refractivity contribution in [1.82, 2.24) is 9.71 Å². The van der Waals surface area contributed by atoms with Gasteiger partial charge in [0.15, 0.2) is 0 Å². The van der Waals surface area contributed by atoms with E-state index in [0.717, 1.165) is 0 Å². The average Bonchev–Trinajstić information content (AvgIpc) is 2.62. The van der Waals surface area contributed by atoms with Crippen LogP contribution in [-0.4, -0.2) is 19.9 Å².